The van der Waals surface area contributed by atoms with E-state index < -0.39 is 0 Å². The molecule has 0 unspecified atom stereocenters. The molecule has 4 rings (SSSR count). The van der Waals surface area contributed by atoms with Gasteiger partial charge in [-0.3, -0.25) is 4.98 Å². The van der Waals surface area contributed by atoms with Gasteiger partial charge in [0.15, 0.2) is 0 Å². The second-order valence-corrected chi connectivity index (χ2v) is 5.06. The van der Waals surface area contributed by atoms with Crippen LogP contribution in [-0.2, 0) is 0 Å². The Balaban J connectivity index is 1.66. The fourth-order valence-electron chi connectivity index (χ4n) is 2.48. The largest absolute Gasteiger partial charge is 0.355 e. The second kappa shape index (κ2) is 5.33. The van der Waals surface area contributed by atoms with Crippen LogP contribution in [-0.4, -0.2) is 14.8 Å². The van der Waals surface area contributed by atoms with Crippen LogP contribution >= 0.6 is 0 Å². The van der Waals surface area contributed by atoms with Crippen LogP contribution in [0.3, 0.4) is 0 Å². The SMILES string of the molecule is c1cc(Nc2ccc3cnccc3c2)cc(-n2cccn2)c1. The number of nitrogens with zero attached hydrogens (tertiary/aromatic N) is 3. The number of anilines is 2. The van der Waals surface area contributed by atoms with Gasteiger partial charge in [-0.15, -0.1) is 0 Å². The molecule has 1 N–H and O–H groups in total. The minimum Gasteiger partial charge on any atom is -0.355 e. The van der Waals surface area contributed by atoms with Crippen molar-refractivity contribution in [2.75, 3.05) is 5.32 Å². The Morgan fingerprint density at radius 1 is 0.818 bits per heavy atom. The zero-order valence-electron chi connectivity index (χ0n) is 11.8. The minimum atomic E-state index is 1.03. The van der Waals surface area contributed by atoms with Crippen molar-refractivity contribution >= 4 is 22.1 Å². The predicted molar refractivity (Wildman–Crippen MR) is 88.6 cm³/mol. The summed E-state index contributed by atoms with van der Waals surface area (Å²) in [6.45, 7) is 0. The van der Waals surface area contributed by atoms with Gasteiger partial charge in [0.25, 0.3) is 0 Å². The molecule has 22 heavy (non-hydrogen) atoms. The van der Waals surface area contributed by atoms with Gasteiger partial charge in [0, 0.05) is 41.5 Å². The van der Waals surface area contributed by atoms with E-state index in [-0.39, 0.29) is 0 Å². The molecule has 0 atom stereocenters. The summed E-state index contributed by atoms with van der Waals surface area (Å²) in [5, 5.41) is 10.0. The standard InChI is InChI=1S/C18H14N4/c1-3-16(12-18(4-1)22-10-2-8-20-22)21-17-6-5-15-13-19-9-7-14(15)11-17/h1-13,21H. The lowest BCUT2D eigenvalue weighted by atomic mass is 10.1. The number of pyridine rings is 1. The van der Waals surface area contributed by atoms with E-state index in [4.69, 9.17) is 0 Å². The summed E-state index contributed by atoms with van der Waals surface area (Å²) in [6.07, 6.45) is 7.39. The first-order valence-electron chi connectivity index (χ1n) is 7.09. The summed E-state index contributed by atoms with van der Waals surface area (Å²) in [5.41, 5.74) is 3.11. The van der Waals surface area contributed by atoms with Crippen LogP contribution in [0.5, 0.6) is 0 Å². The molecular formula is C18H14N4. The van der Waals surface area contributed by atoms with Gasteiger partial charge in [0.2, 0.25) is 0 Å². The molecule has 4 nitrogen and oxygen atoms in total. The van der Waals surface area contributed by atoms with E-state index in [1.54, 1.807) is 6.20 Å². The fraction of sp³-hybridized carbons (Fsp3) is 0. The van der Waals surface area contributed by atoms with Gasteiger partial charge in [-0.05, 0) is 47.9 Å². The summed E-state index contributed by atoms with van der Waals surface area (Å²) in [6, 6.07) is 18.4. The maximum Gasteiger partial charge on any atom is 0.0666 e. The highest BCUT2D eigenvalue weighted by atomic mass is 15.3. The topological polar surface area (TPSA) is 42.7 Å². The first-order valence-corrected chi connectivity index (χ1v) is 7.09. The monoisotopic (exact) mass is 286 g/mol. The zero-order chi connectivity index (χ0) is 14.8. The molecule has 4 heteroatoms. The van der Waals surface area contributed by atoms with Crippen molar-refractivity contribution in [2.45, 2.75) is 0 Å². The molecule has 0 fully saturated rings. The quantitative estimate of drug-likeness (QED) is 0.615. The van der Waals surface area contributed by atoms with Gasteiger partial charge in [0.05, 0.1) is 5.69 Å². The number of fused-ring (bicyclic) bond motifs is 1. The smallest absolute Gasteiger partial charge is 0.0666 e. The maximum atomic E-state index is 4.26. The molecule has 0 saturated heterocycles. The van der Waals surface area contributed by atoms with Gasteiger partial charge in [-0.2, -0.15) is 5.10 Å². The Bertz CT molecular complexity index is 913. The van der Waals surface area contributed by atoms with Crippen LogP contribution in [0.15, 0.2) is 79.4 Å². The van der Waals surface area contributed by atoms with E-state index in [1.807, 2.05) is 53.6 Å². The Hall–Kier alpha value is -3.14. The van der Waals surface area contributed by atoms with Crippen LogP contribution < -0.4 is 5.32 Å². The molecule has 0 aliphatic rings. The molecule has 0 aliphatic heterocycles. The summed E-state index contributed by atoms with van der Waals surface area (Å²) < 4.78 is 1.84. The van der Waals surface area contributed by atoms with E-state index in [0.29, 0.717) is 0 Å². The molecule has 0 bridgehead atoms. The molecular weight excluding hydrogens is 272 g/mol. The summed E-state index contributed by atoms with van der Waals surface area (Å²) in [7, 11) is 0. The molecule has 4 aromatic rings. The average molecular weight is 286 g/mol. The number of rotatable bonds is 3. The van der Waals surface area contributed by atoms with Gasteiger partial charge in [-0.25, -0.2) is 4.68 Å². The third-order valence-corrected chi connectivity index (χ3v) is 3.54. The van der Waals surface area contributed by atoms with E-state index in [0.717, 1.165) is 22.4 Å². The van der Waals surface area contributed by atoms with E-state index in [9.17, 15) is 0 Å². The van der Waals surface area contributed by atoms with E-state index >= 15 is 0 Å². The molecule has 0 amide bonds. The van der Waals surface area contributed by atoms with Crippen LogP contribution in [0.2, 0.25) is 0 Å². The molecule has 2 heterocycles. The molecule has 106 valence electrons. The van der Waals surface area contributed by atoms with Gasteiger partial charge in [0.1, 0.15) is 0 Å². The summed E-state index contributed by atoms with van der Waals surface area (Å²) in [4.78, 5) is 4.14. The highest BCUT2D eigenvalue weighted by molar-refractivity contribution is 5.85. The van der Waals surface area contributed by atoms with Crippen molar-refractivity contribution in [1.82, 2.24) is 14.8 Å². The third-order valence-electron chi connectivity index (χ3n) is 3.54. The van der Waals surface area contributed by atoms with Crippen LogP contribution in [0.1, 0.15) is 0 Å². The number of hydrogen-bond acceptors (Lipinski definition) is 3. The molecule has 0 spiro atoms. The Morgan fingerprint density at radius 3 is 2.68 bits per heavy atom. The average Bonchev–Trinajstić information content (AvgIpc) is 3.10. The van der Waals surface area contributed by atoms with Gasteiger partial charge >= 0.3 is 0 Å². The molecule has 0 saturated carbocycles. The van der Waals surface area contributed by atoms with Crippen molar-refractivity contribution < 1.29 is 0 Å². The number of hydrogen-bond donors (Lipinski definition) is 1. The highest BCUT2D eigenvalue weighted by Crippen LogP contribution is 2.23. The van der Waals surface area contributed by atoms with Crippen molar-refractivity contribution in [2.24, 2.45) is 0 Å². The summed E-state index contributed by atoms with van der Waals surface area (Å²) >= 11 is 0. The Morgan fingerprint density at radius 2 is 1.77 bits per heavy atom. The predicted octanol–water partition coefficient (Wildman–Crippen LogP) is 4.16. The normalized spacial score (nSPS) is 10.7. The van der Waals surface area contributed by atoms with Crippen molar-refractivity contribution in [1.29, 1.82) is 0 Å². The highest BCUT2D eigenvalue weighted by Gasteiger charge is 2.00. The van der Waals surface area contributed by atoms with Crippen LogP contribution in [0, 0.1) is 0 Å². The first kappa shape index (κ1) is 12.6. The van der Waals surface area contributed by atoms with E-state index in [2.05, 4.69) is 39.7 Å². The van der Waals surface area contributed by atoms with Crippen molar-refractivity contribution in [3.05, 3.63) is 79.4 Å². The second-order valence-electron chi connectivity index (χ2n) is 5.06. The Kier molecular flexibility index (Phi) is 3.05. The lowest BCUT2D eigenvalue weighted by molar-refractivity contribution is 0.881. The third kappa shape index (κ3) is 2.42. The fourth-order valence-corrected chi connectivity index (χ4v) is 2.48. The molecule has 2 aromatic heterocycles. The lowest BCUT2D eigenvalue weighted by Gasteiger charge is -2.09. The van der Waals surface area contributed by atoms with Crippen molar-refractivity contribution in [3.8, 4) is 5.69 Å². The zero-order valence-corrected chi connectivity index (χ0v) is 11.8. The summed E-state index contributed by atoms with van der Waals surface area (Å²) in [5.74, 6) is 0. The lowest BCUT2D eigenvalue weighted by Crippen LogP contribution is -1.96. The number of aromatic nitrogens is 3. The number of benzene rings is 2. The maximum absolute atomic E-state index is 4.26. The van der Waals surface area contributed by atoms with Crippen LogP contribution in [0.25, 0.3) is 16.5 Å². The van der Waals surface area contributed by atoms with Crippen LogP contribution in [0.4, 0.5) is 11.4 Å². The van der Waals surface area contributed by atoms with Gasteiger partial charge in [-0.1, -0.05) is 12.1 Å². The van der Waals surface area contributed by atoms with Crippen molar-refractivity contribution in [3.63, 3.8) is 0 Å². The minimum absolute atomic E-state index is 1.03. The molecule has 0 aliphatic carbocycles. The Labute approximate surface area is 128 Å². The van der Waals surface area contributed by atoms with Gasteiger partial charge < -0.3 is 5.32 Å². The molecule has 2 aromatic carbocycles. The number of nitrogens with one attached hydrogen (secondary N) is 1. The van der Waals surface area contributed by atoms with E-state index in [1.165, 1.54) is 5.39 Å². The molecule has 0 radical (unpaired) electrons. The first-order chi connectivity index (χ1) is 10.9.